The standard InChI is InChI=1S/C28H30F2N2OS/c29-23-9-5-21(6-10-23)28(22-7-11-24(30)12-8-22)33-17-16-31-19-25-13-14-26(20-31)32(25)15-1-3-27-4-2-18-34-27/h1-12,18,25-26,28H,13-17,19-20H2/b3-1+/t25-,26+. The first-order chi connectivity index (χ1) is 16.7. The summed E-state index contributed by atoms with van der Waals surface area (Å²) in [7, 11) is 0. The number of nitrogens with zero attached hydrogens (tertiary/aromatic N) is 2. The molecule has 0 saturated carbocycles. The van der Waals surface area contributed by atoms with Crippen LogP contribution < -0.4 is 0 Å². The Hall–Kier alpha value is -2.38. The monoisotopic (exact) mass is 480 g/mol. The van der Waals surface area contributed by atoms with Gasteiger partial charge in [0, 0.05) is 43.1 Å². The molecule has 0 aliphatic carbocycles. The van der Waals surface area contributed by atoms with E-state index in [1.54, 1.807) is 35.6 Å². The van der Waals surface area contributed by atoms with Gasteiger partial charge >= 0.3 is 0 Å². The van der Waals surface area contributed by atoms with E-state index < -0.39 is 0 Å². The summed E-state index contributed by atoms with van der Waals surface area (Å²) < 4.78 is 33.2. The van der Waals surface area contributed by atoms with Crippen molar-refractivity contribution < 1.29 is 13.5 Å². The van der Waals surface area contributed by atoms with Gasteiger partial charge in [0.15, 0.2) is 0 Å². The average molecular weight is 481 g/mol. The topological polar surface area (TPSA) is 15.7 Å². The zero-order valence-corrected chi connectivity index (χ0v) is 20.0. The summed E-state index contributed by atoms with van der Waals surface area (Å²) in [6.07, 6.45) is 6.69. The van der Waals surface area contributed by atoms with Gasteiger partial charge in [-0.15, -0.1) is 11.3 Å². The van der Waals surface area contributed by atoms with E-state index in [0.29, 0.717) is 18.7 Å². The highest BCUT2D eigenvalue weighted by Gasteiger charge is 2.38. The third-order valence-corrected chi connectivity index (χ3v) is 7.73. The van der Waals surface area contributed by atoms with Gasteiger partial charge in [-0.1, -0.05) is 36.4 Å². The van der Waals surface area contributed by atoms with E-state index in [1.807, 2.05) is 0 Å². The molecule has 0 radical (unpaired) electrons. The van der Waals surface area contributed by atoms with Gasteiger partial charge in [-0.3, -0.25) is 9.80 Å². The van der Waals surface area contributed by atoms with Crippen molar-refractivity contribution in [3.8, 4) is 0 Å². The molecule has 2 aliphatic rings. The van der Waals surface area contributed by atoms with Crippen LogP contribution in [-0.4, -0.2) is 54.7 Å². The number of fused-ring (bicyclic) bond motifs is 2. The summed E-state index contributed by atoms with van der Waals surface area (Å²) >= 11 is 1.77. The molecule has 2 saturated heterocycles. The lowest BCUT2D eigenvalue weighted by atomic mass is 10.0. The number of hydrogen-bond acceptors (Lipinski definition) is 4. The number of hydrogen-bond donors (Lipinski definition) is 0. The van der Waals surface area contributed by atoms with Crippen molar-refractivity contribution in [3.63, 3.8) is 0 Å². The Kier molecular flexibility index (Phi) is 7.50. The van der Waals surface area contributed by atoms with Gasteiger partial charge in [-0.2, -0.15) is 0 Å². The number of piperazine rings is 1. The molecule has 178 valence electrons. The maximum atomic E-state index is 13.5. The number of ether oxygens (including phenoxy) is 1. The highest BCUT2D eigenvalue weighted by atomic mass is 32.1. The van der Waals surface area contributed by atoms with Gasteiger partial charge in [0.1, 0.15) is 17.7 Å². The molecule has 2 fully saturated rings. The molecule has 0 N–H and O–H groups in total. The number of likely N-dealkylation sites (tertiary alicyclic amines) is 1. The molecular weight excluding hydrogens is 450 g/mol. The molecule has 3 heterocycles. The molecule has 0 unspecified atom stereocenters. The van der Waals surface area contributed by atoms with Gasteiger partial charge in [0.2, 0.25) is 0 Å². The van der Waals surface area contributed by atoms with E-state index in [1.165, 1.54) is 42.0 Å². The van der Waals surface area contributed by atoms with Gasteiger partial charge in [-0.05, 0) is 65.8 Å². The van der Waals surface area contributed by atoms with Gasteiger partial charge < -0.3 is 4.74 Å². The zero-order chi connectivity index (χ0) is 23.3. The molecule has 34 heavy (non-hydrogen) atoms. The predicted molar refractivity (Wildman–Crippen MR) is 134 cm³/mol. The lowest BCUT2D eigenvalue weighted by Crippen LogP contribution is -2.54. The largest absolute Gasteiger partial charge is 0.367 e. The highest BCUT2D eigenvalue weighted by molar-refractivity contribution is 7.10. The van der Waals surface area contributed by atoms with E-state index in [4.69, 9.17) is 4.74 Å². The second-order valence-corrected chi connectivity index (χ2v) is 10.1. The molecule has 1 aromatic heterocycles. The molecule has 2 aliphatic heterocycles. The lowest BCUT2D eigenvalue weighted by molar-refractivity contribution is 0.0276. The smallest absolute Gasteiger partial charge is 0.123 e. The Balaban J connectivity index is 1.17. The molecule has 3 nitrogen and oxygen atoms in total. The van der Waals surface area contributed by atoms with Gasteiger partial charge in [0.25, 0.3) is 0 Å². The normalized spacial score (nSPS) is 21.1. The summed E-state index contributed by atoms with van der Waals surface area (Å²) in [4.78, 5) is 6.47. The third-order valence-electron chi connectivity index (χ3n) is 6.89. The van der Waals surface area contributed by atoms with E-state index in [9.17, 15) is 8.78 Å². The van der Waals surface area contributed by atoms with E-state index in [0.717, 1.165) is 37.3 Å². The van der Waals surface area contributed by atoms with Crippen molar-refractivity contribution in [1.82, 2.24) is 9.80 Å². The molecule has 6 heteroatoms. The van der Waals surface area contributed by atoms with Crippen LogP contribution in [0.1, 0.15) is 34.9 Å². The van der Waals surface area contributed by atoms with Crippen molar-refractivity contribution >= 4 is 17.4 Å². The fourth-order valence-electron chi connectivity index (χ4n) is 5.19. The average Bonchev–Trinajstić information content (AvgIpc) is 3.44. The van der Waals surface area contributed by atoms with Crippen LogP contribution in [0.2, 0.25) is 0 Å². The van der Waals surface area contributed by atoms with Crippen molar-refractivity contribution in [1.29, 1.82) is 0 Å². The summed E-state index contributed by atoms with van der Waals surface area (Å²) in [5.41, 5.74) is 1.74. The van der Waals surface area contributed by atoms with E-state index in [-0.39, 0.29) is 17.7 Å². The van der Waals surface area contributed by atoms with Crippen LogP contribution in [0, 0.1) is 11.6 Å². The van der Waals surface area contributed by atoms with Crippen molar-refractivity contribution in [2.75, 3.05) is 32.8 Å². The Morgan fingerprint density at radius 1 is 0.912 bits per heavy atom. The Bertz CT molecular complexity index is 1010. The molecule has 0 spiro atoms. The fraction of sp³-hybridized carbons (Fsp3) is 0.357. The molecule has 5 rings (SSSR count). The number of halogens is 2. The SMILES string of the molecule is Fc1ccc(C(OCCN2C[C@H]3CC[C@@H](C2)N3C/C=C/c2cccs2)c2ccc(F)cc2)cc1. The number of rotatable bonds is 9. The molecule has 3 aromatic rings. The van der Waals surface area contributed by atoms with Crippen LogP contribution in [0.15, 0.2) is 72.1 Å². The van der Waals surface area contributed by atoms with Crippen molar-refractivity contribution in [2.24, 2.45) is 0 Å². The van der Waals surface area contributed by atoms with Crippen LogP contribution in [0.4, 0.5) is 8.78 Å². The van der Waals surface area contributed by atoms with Crippen LogP contribution in [0.3, 0.4) is 0 Å². The van der Waals surface area contributed by atoms with Crippen LogP contribution in [0.25, 0.3) is 6.08 Å². The first-order valence-electron chi connectivity index (χ1n) is 12.0. The van der Waals surface area contributed by atoms with Gasteiger partial charge in [-0.25, -0.2) is 8.78 Å². The van der Waals surface area contributed by atoms with Crippen LogP contribution >= 0.6 is 11.3 Å². The summed E-state index contributed by atoms with van der Waals surface area (Å²) in [5.74, 6) is -0.555. The predicted octanol–water partition coefficient (Wildman–Crippen LogP) is 5.99. The summed E-state index contributed by atoms with van der Waals surface area (Å²) in [6.45, 7) is 4.55. The number of thiophene rings is 1. The fourth-order valence-corrected chi connectivity index (χ4v) is 5.84. The molecular formula is C28H30F2N2OS. The zero-order valence-electron chi connectivity index (χ0n) is 19.2. The first kappa shape index (κ1) is 23.4. The summed E-state index contributed by atoms with van der Waals surface area (Å²) in [5, 5.41) is 2.11. The van der Waals surface area contributed by atoms with Gasteiger partial charge in [0.05, 0.1) is 6.61 Å². The Labute approximate surface area is 204 Å². The van der Waals surface area contributed by atoms with E-state index in [2.05, 4.69) is 39.5 Å². The second-order valence-electron chi connectivity index (χ2n) is 9.11. The Morgan fingerprint density at radius 3 is 2.09 bits per heavy atom. The number of benzene rings is 2. The maximum absolute atomic E-state index is 13.5. The summed E-state index contributed by atoms with van der Waals surface area (Å²) in [6, 6.07) is 18.2. The maximum Gasteiger partial charge on any atom is 0.123 e. The highest BCUT2D eigenvalue weighted by Crippen LogP contribution is 2.31. The van der Waals surface area contributed by atoms with E-state index >= 15 is 0 Å². The molecule has 2 atom stereocenters. The minimum atomic E-state index is -0.346. The van der Waals surface area contributed by atoms with Crippen LogP contribution in [-0.2, 0) is 4.74 Å². The van der Waals surface area contributed by atoms with Crippen LogP contribution in [0.5, 0.6) is 0 Å². The molecule has 2 aromatic carbocycles. The van der Waals surface area contributed by atoms with Crippen molar-refractivity contribution in [3.05, 3.63) is 99.8 Å². The minimum absolute atomic E-state index is 0.278. The first-order valence-corrected chi connectivity index (χ1v) is 12.8. The lowest BCUT2D eigenvalue weighted by Gasteiger charge is -2.40. The third kappa shape index (κ3) is 5.63. The minimum Gasteiger partial charge on any atom is -0.367 e. The molecule has 2 bridgehead atoms. The van der Waals surface area contributed by atoms with Crippen molar-refractivity contribution in [2.45, 2.75) is 31.0 Å². The molecule has 0 amide bonds. The second kappa shape index (κ2) is 10.9. The quantitative estimate of drug-likeness (QED) is 0.374. The Morgan fingerprint density at radius 2 is 1.53 bits per heavy atom.